The summed E-state index contributed by atoms with van der Waals surface area (Å²) in [4.78, 5) is 59.5. The number of carbonyl (C=O) groups excluding carboxylic acids is 3. The van der Waals surface area contributed by atoms with E-state index in [-0.39, 0.29) is 24.0 Å². The Kier molecular flexibility index (Phi) is 12.0. The van der Waals surface area contributed by atoms with Crippen LogP contribution in [-0.4, -0.2) is 69.8 Å². The molecule has 0 spiro atoms. The molecule has 0 saturated carbocycles. The molecule has 0 saturated heterocycles. The van der Waals surface area contributed by atoms with Gasteiger partial charge in [0.2, 0.25) is 17.7 Å². The minimum Gasteiger partial charge on any atom is -0.481 e. The number of nitrogens with two attached hydrogens (primary N) is 1. The van der Waals surface area contributed by atoms with Crippen molar-refractivity contribution in [2.75, 3.05) is 5.75 Å². The van der Waals surface area contributed by atoms with Crippen molar-refractivity contribution in [2.24, 2.45) is 17.6 Å². The molecule has 0 bridgehead atoms. The number of carboxylic acid groups (broad SMARTS) is 2. The number of carbonyl (C=O) groups is 5. The van der Waals surface area contributed by atoms with Gasteiger partial charge in [-0.2, -0.15) is 12.6 Å². The molecular formula is C18H32N4O7S. The Bertz CT molecular complexity index is 642. The highest BCUT2D eigenvalue weighted by Crippen LogP contribution is 2.06. The summed E-state index contributed by atoms with van der Waals surface area (Å²) in [5, 5.41) is 25.2. The lowest BCUT2D eigenvalue weighted by atomic mass is 10.0. The molecule has 0 aromatic heterocycles. The third-order valence-electron chi connectivity index (χ3n) is 4.17. The number of rotatable bonds is 13. The standard InChI is InChI=1S/C18H32N4O7S/c1-8(2)5-11(18(28)29)21-16(26)12(7-30)22-15(25)10(6-13(23)24)20-17(27)14(19)9(3)4/h8-12,14,30H,5-7,19H2,1-4H3,(H,20,27)(H,21,26)(H,22,25)(H,23,24)(H,28,29). The number of nitrogens with one attached hydrogen (secondary N) is 3. The largest absolute Gasteiger partial charge is 0.481 e. The molecule has 0 rings (SSSR count). The predicted molar refractivity (Wildman–Crippen MR) is 112 cm³/mol. The Hall–Kier alpha value is -2.34. The van der Waals surface area contributed by atoms with Crippen molar-refractivity contribution in [3.63, 3.8) is 0 Å². The molecule has 12 heteroatoms. The summed E-state index contributed by atoms with van der Waals surface area (Å²) < 4.78 is 0. The van der Waals surface area contributed by atoms with Gasteiger partial charge in [0.15, 0.2) is 0 Å². The van der Waals surface area contributed by atoms with E-state index in [1.807, 2.05) is 0 Å². The molecule has 0 fully saturated rings. The van der Waals surface area contributed by atoms with Gasteiger partial charge in [-0.05, 0) is 18.3 Å². The normalized spacial score (nSPS) is 15.1. The van der Waals surface area contributed by atoms with Gasteiger partial charge in [-0.25, -0.2) is 4.79 Å². The smallest absolute Gasteiger partial charge is 0.326 e. The molecule has 0 aliphatic heterocycles. The first kappa shape index (κ1) is 27.7. The molecule has 0 aliphatic carbocycles. The van der Waals surface area contributed by atoms with Crippen LogP contribution in [0.15, 0.2) is 0 Å². The van der Waals surface area contributed by atoms with Gasteiger partial charge in [-0.1, -0.05) is 27.7 Å². The maximum atomic E-state index is 12.5. The third-order valence-corrected chi connectivity index (χ3v) is 4.54. The Labute approximate surface area is 180 Å². The highest BCUT2D eigenvalue weighted by atomic mass is 32.1. The van der Waals surface area contributed by atoms with Gasteiger partial charge < -0.3 is 31.9 Å². The van der Waals surface area contributed by atoms with Crippen LogP contribution in [0, 0.1) is 11.8 Å². The van der Waals surface area contributed by atoms with Gasteiger partial charge in [-0.15, -0.1) is 0 Å². The lowest BCUT2D eigenvalue weighted by Gasteiger charge is -2.24. The van der Waals surface area contributed by atoms with Gasteiger partial charge >= 0.3 is 11.9 Å². The van der Waals surface area contributed by atoms with Crippen LogP contribution >= 0.6 is 12.6 Å². The highest BCUT2D eigenvalue weighted by molar-refractivity contribution is 7.80. The van der Waals surface area contributed by atoms with E-state index in [1.54, 1.807) is 27.7 Å². The maximum absolute atomic E-state index is 12.5. The van der Waals surface area contributed by atoms with Gasteiger partial charge in [0.1, 0.15) is 18.1 Å². The van der Waals surface area contributed by atoms with E-state index in [0.29, 0.717) is 0 Å². The van der Waals surface area contributed by atoms with Crippen LogP contribution in [0.4, 0.5) is 0 Å². The molecule has 4 unspecified atom stereocenters. The number of thiol groups is 1. The first-order chi connectivity index (χ1) is 13.8. The molecule has 0 aliphatic rings. The number of carboxylic acids is 2. The van der Waals surface area contributed by atoms with Gasteiger partial charge in [0.25, 0.3) is 0 Å². The quantitative estimate of drug-likeness (QED) is 0.174. The average molecular weight is 449 g/mol. The summed E-state index contributed by atoms with van der Waals surface area (Å²) in [6.45, 7) is 6.96. The van der Waals surface area contributed by atoms with Crippen LogP contribution in [-0.2, 0) is 24.0 Å². The molecular weight excluding hydrogens is 416 g/mol. The fourth-order valence-corrected chi connectivity index (χ4v) is 2.64. The first-order valence-corrected chi connectivity index (χ1v) is 10.1. The second kappa shape index (κ2) is 13.1. The van der Waals surface area contributed by atoms with Crippen molar-refractivity contribution >= 4 is 42.3 Å². The highest BCUT2D eigenvalue weighted by Gasteiger charge is 2.31. The zero-order valence-corrected chi connectivity index (χ0v) is 18.4. The zero-order chi connectivity index (χ0) is 23.6. The van der Waals surface area contributed by atoms with Crippen LogP contribution < -0.4 is 21.7 Å². The van der Waals surface area contributed by atoms with Crippen molar-refractivity contribution in [3.8, 4) is 0 Å². The van der Waals surface area contributed by atoms with Crippen molar-refractivity contribution in [1.82, 2.24) is 16.0 Å². The van der Waals surface area contributed by atoms with Crippen molar-refractivity contribution in [1.29, 1.82) is 0 Å². The second-order valence-electron chi connectivity index (χ2n) is 7.70. The molecule has 7 N–H and O–H groups in total. The zero-order valence-electron chi connectivity index (χ0n) is 17.5. The summed E-state index contributed by atoms with van der Waals surface area (Å²) >= 11 is 3.99. The van der Waals surface area contributed by atoms with E-state index in [4.69, 9.17) is 10.8 Å². The molecule has 30 heavy (non-hydrogen) atoms. The summed E-state index contributed by atoms with van der Waals surface area (Å²) in [6, 6.07) is -4.82. The minimum absolute atomic E-state index is 0.00392. The number of amides is 3. The molecule has 172 valence electrons. The Morgan fingerprint density at radius 3 is 1.70 bits per heavy atom. The predicted octanol–water partition coefficient (Wildman–Crippen LogP) is -1.04. The lowest BCUT2D eigenvalue weighted by Crippen LogP contribution is -2.58. The number of hydrogen-bond acceptors (Lipinski definition) is 7. The van der Waals surface area contributed by atoms with Gasteiger partial charge in [0.05, 0.1) is 12.5 Å². The maximum Gasteiger partial charge on any atom is 0.326 e. The Balaban J connectivity index is 5.27. The first-order valence-electron chi connectivity index (χ1n) is 9.52. The minimum atomic E-state index is -1.47. The lowest BCUT2D eigenvalue weighted by molar-refractivity contribution is -0.143. The number of aliphatic carboxylic acids is 2. The molecule has 0 radical (unpaired) electrons. The van der Waals surface area contributed by atoms with E-state index in [0.717, 1.165) is 0 Å². The molecule has 11 nitrogen and oxygen atoms in total. The van der Waals surface area contributed by atoms with E-state index in [2.05, 4.69) is 28.6 Å². The molecule has 3 amide bonds. The van der Waals surface area contributed by atoms with Crippen LogP contribution in [0.1, 0.15) is 40.5 Å². The monoisotopic (exact) mass is 448 g/mol. The molecule has 0 aromatic carbocycles. The van der Waals surface area contributed by atoms with Crippen LogP contribution in [0.5, 0.6) is 0 Å². The van der Waals surface area contributed by atoms with Gasteiger partial charge in [0, 0.05) is 5.75 Å². The van der Waals surface area contributed by atoms with E-state index < -0.39 is 60.2 Å². The SMILES string of the molecule is CC(C)CC(NC(=O)C(CS)NC(=O)C(CC(=O)O)NC(=O)C(N)C(C)C)C(=O)O. The van der Waals surface area contributed by atoms with Crippen LogP contribution in [0.3, 0.4) is 0 Å². The van der Waals surface area contributed by atoms with E-state index in [9.17, 15) is 29.1 Å². The second-order valence-corrected chi connectivity index (χ2v) is 8.07. The molecule has 0 heterocycles. The molecule has 4 atom stereocenters. The average Bonchev–Trinajstić information content (AvgIpc) is 2.62. The van der Waals surface area contributed by atoms with Crippen LogP contribution in [0.25, 0.3) is 0 Å². The molecule has 0 aromatic rings. The Morgan fingerprint density at radius 2 is 1.30 bits per heavy atom. The fourth-order valence-electron chi connectivity index (χ4n) is 2.39. The van der Waals surface area contributed by atoms with Crippen molar-refractivity contribution in [2.45, 2.75) is 64.7 Å². The summed E-state index contributed by atoms with van der Waals surface area (Å²) in [5.41, 5.74) is 5.71. The Morgan fingerprint density at radius 1 is 0.833 bits per heavy atom. The summed E-state index contributed by atoms with van der Waals surface area (Å²) in [7, 11) is 0. The van der Waals surface area contributed by atoms with Crippen molar-refractivity contribution < 1.29 is 34.2 Å². The van der Waals surface area contributed by atoms with Crippen LogP contribution in [0.2, 0.25) is 0 Å². The summed E-state index contributed by atoms with van der Waals surface area (Å²) in [6.07, 6.45) is -0.548. The van der Waals surface area contributed by atoms with E-state index >= 15 is 0 Å². The summed E-state index contributed by atoms with van der Waals surface area (Å²) in [5.74, 6) is -5.41. The van der Waals surface area contributed by atoms with E-state index in [1.165, 1.54) is 0 Å². The fraction of sp³-hybridized carbons (Fsp3) is 0.722. The topological polar surface area (TPSA) is 188 Å². The number of hydrogen-bond donors (Lipinski definition) is 7. The van der Waals surface area contributed by atoms with Crippen molar-refractivity contribution in [3.05, 3.63) is 0 Å². The third kappa shape index (κ3) is 9.92. The van der Waals surface area contributed by atoms with Gasteiger partial charge in [-0.3, -0.25) is 19.2 Å².